The average Bonchev–Trinajstić information content (AvgIpc) is 2.35. The molecule has 0 spiro atoms. The van der Waals surface area contributed by atoms with Crippen LogP contribution in [0, 0.1) is 0 Å². The zero-order valence-electron chi connectivity index (χ0n) is 11.8. The highest BCUT2D eigenvalue weighted by Crippen LogP contribution is 2.17. The highest BCUT2D eigenvalue weighted by Gasteiger charge is 2.28. The number of nitrogens with one attached hydrogen (secondary N) is 1. The lowest BCUT2D eigenvalue weighted by Gasteiger charge is -2.28. The fourth-order valence-electron chi connectivity index (χ4n) is 1.39. The van der Waals surface area contributed by atoms with Crippen molar-refractivity contribution in [3.63, 3.8) is 0 Å². The summed E-state index contributed by atoms with van der Waals surface area (Å²) < 4.78 is 24.1. The molecule has 0 saturated carbocycles. The molecular formula is C12H25FN2O4. The summed E-state index contributed by atoms with van der Waals surface area (Å²) in [7, 11) is 0. The number of alkyl halides is 1. The first-order chi connectivity index (χ1) is 8.83. The highest BCUT2D eigenvalue weighted by atomic mass is 19.1. The number of carboxylic acid groups (broad SMARTS) is 1. The molecule has 19 heavy (non-hydrogen) atoms. The van der Waals surface area contributed by atoms with E-state index in [1.807, 2.05) is 6.92 Å². The Morgan fingerprint density at radius 1 is 1.47 bits per heavy atom. The van der Waals surface area contributed by atoms with Gasteiger partial charge in [-0.1, -0.05) is 6.92 Å². The van der Waals surface area contributed by atoms with Crippen LogP contribution in [0.3, 0.4) is 0 Å². The molecule has 7 heteroatoms. The van der Waals surface area contributed by atoms with Crippen molar-refractivity contribution in [2.75, 3.05) is 19.8 Å². The Hall–Kier alpha value is -0.920. The van der Waals surface area contributed by atoms with Crippen molar-refractivity contribution in [3.05, 3.63) is 0 Å². The van der Waals surface area contributed by atoms with E-state index in [4.69, 9.17) is 20.3 Å². The van der Waals surface area contributed by atoms with Gasteiger partial charge in [0.25, 0.3) is 0 Å². The number of amides is 1. The number of nitrogens with two attached hydrogens (primary N) is 1. The molecule has 0 aliphatic carbocycles. The van der Waals surface area contributed by atoms with E-state index in [1.54, 1.807) is 13.8 Å². The Balaban J connectivity index is 3.77. The lowest BCUT2D eigenvalue weighted by atomic mass is 10.0. The monoisotopic (exact) mass is 280 g/mol. The number of rotatable bonds is 10. The first-order valence-electron chi connectivity index (χ1n) is 6.42. The maximum Gasteiger partial charge on any atom is 0.406 e. The molecule has 114 valence electrons. The molecule has 0 aromatic rings. The molecule has 0 aromatic heterocycles. The third kappa shape index (κ3) is 7.97. The number of carbonyl (C=O) groups is 1. The second-order valence-corrected chi connectivity index (χ2v) is 4.73. The molecule has 2 atom stereocenters. The van der Waals surface area contributed by atoms with Gasteiger partial charge in [-0.05, 0) is 26.7 Å². The molecule has 0 bridgehead atoms. The SMILES string of the molecule is CCC(NC(=O)O)OCCCOC(C)(C)C(F)CN. The molecule has 0 rings (SSSR count). The molecule has 0 radical (unpaired) electrons. The predicted octanol–water partition coefficient (Wildman–Crippen LogP) is 1.49. The average molecular weight is 280 g/mol. The molecule has 0 heterocycles. The summed E-state index contributed by atoms with van der Waals surface area (Å²) in [5, 5.41) is 10.8. The number of hydrogen-bond acceptors (Lipinski definition) is 4. The van der Waals surface area contributed by atoms with Gasteiger partial charge in [0.15, 0.2) is 0 Å². The largest absolute Gasteiger partial charge is 0.465 e. The van der Waals surface area contributed by atoms with Crippen LogP contribution in [0.4, 0.5) is 9.18 Å². The van der Waals surface area contributed by atoms with Gasteiger partial charge in [-0.15, -0.1) is 0 Å². The van der Waals surface area contributed by atoms with Crippen LogP contribution >= 0.6 is 0 Å². The summed E-state index contributed by atoms with van der Waals surface area (Å²) in [6, 6.07) is 0. The van der Waals surface area contributed by atoms with Crippen molar-refractivity contribution >= 4 is 6.09 Å². The van der Waals surface area contributed by atoms with Crippen LogP contribution in [0.5, 0.6) is 0 Å². The van der Waals surface area contributed by atoms with E-state index in [9.17, 15) is 9.18 Å². The van der Waals surface area contributed by atoms with Crippen molar-refractivity contribution in [2.24, 2.45) is 5.73 Å². The Bertz CT molecular complexity index is 264. The van der Waals surface area contributed by atoms with Crippen LogP contribution in [0.2, 0.25) is 0 Å². The van der Waals surface area contributed by atoms with Gasteiger partial charge >= 0.3 is 6.09 Å². The van der Waals surface area contributed by atoms with E-state index < -0.39 is 24.1 Å². The van der Waals surface area contributed by atoms with E-state index in [2.05, 4.69) is 5.32 Å². The minimum absolute atomic E-state index is 0.0794. The molecular weight excluding hydrogens is 255 g/mol. The molecule has 1 amide bonds. The van der Waals surface area contributed by atoms with Crippen LogP contribution in [0.25, 0.3) is 0 Å². The minimum Gasteiger partial charge on any atom is -0.465 e. The molecule has 6 nitrogen and oxygen atoms in total. The second-order valence-electron chi connectivity index (χ2n) is 4.73. The standard InChI is InChI=1S/C12H25FN2O4/c1-4-10(15-11(16)17)18-6-5-7-19-12(2,3)9(13)8-14/h9-10,15H,4-8,14H2,1-3H3,(H,16,17). The molecule has 4 N–H and O–H groups in total. The van der Waals surface area contributed by atoms with Gasteiger partial charge in [0, 0.05) is 13.2 Å². The lowest BCUT2D eigenvalue weighted by molar-refractivity contribution is -0.0766. The van der Waals surface area contributed by atoms with Crippen molar-refractivity contribution in [2.45, 2.75) is 51.6 Å². The Morgan fingerprint density at radius 2 is 2.11 bits per heavy atom. The van der Waals surface area contributed by atoms with Crippen LogP contribution in [0.1, 0.15) is 33.6 Å². The Kier molecular flexibility index (Phi) is 8.62. The second kappa shape index (κ2) is 9.06. The third-order valence-corrected chi connectivity index (χ3v) is 2.70. The molecule has 0 aliphatic heterocycles. The number of ether oxygens (including phenoxy) is 2. The molecule has 0 aromatic carbocycles. The predicted molar refractivity (Wildman–Crippen MR) is 69.8 cm³/mol. The quantitative estimate of drug-likeness (QED) is 0.416. The van der Waals surface area contributed by atoms with Crippen molar-refractivity contribution in [1.82, 2.24) is 5.32 Å². The summed E-state index contributed by atoms with van der Waals surface area (Å²) >= 11 is 0. The van der Waals surface area contributed by atoms with Crippen LogP contribution in [-0.2, 0) is 9.47 Å². The Labute approximate surface area is 113 Å². The van der Waals surface area contributed by atoms with Crippen molar-refractivity contribution < 1.29 is 23.8 Å². The number of halogens is 1. The first kappa shape index (κ1) is 18.1. The van der Waals surface area contributed by atoms with E-state index in [0.717, 1.165) is 0 Å². The minimum atomic E-state index is -1.22. The van der Waals surface area contributed by atoms with Gasteiger partial charge in [-0.25, -0.2) is 9.18 Å². The maximum atomic E-state index is 13.4. The van der Waals surface area contributed by atoms with Gasteiger partial charge in [0.2, 0.25) is 0 Å². The van der Waals surface area contributed by atoms with E-state index in [1.165, 1.54) is 0 Å². The van der Waals surface area contributed by atoms with Crippen molar-refractivity contribution in [3.8, 4) is 0 Å². The molecule has 0 fully saturated rings. The zero-order valence-corrected chi connectivity index (χ0v) is 11.8. The Morgan fingerprint density at radius 3 is 2.58 bits per heavy atom. The molecule has 0 aliphatic rings. The number of hydrogen-bond donors (Lipinski definition) is 3. The normalized spacial score (nSPS) is 15.0. The smallest absolute Gasteiger partial charge is 0.406 e. The van der Waals surface area contributed by atoms with Gasteiger partial charge in [-0.2, -0.15) is 0 Å². The van der Waals surface area contributed by atoms with Crippen LogP contribution in [0.15, 0.2) is 0 Å². The maximum absolute atomic E-state index is 13.4. The van der Waals surface area contributed by atoms with Gasteiger partial charge in [0.1, 0.15) is 12.4 Å². The fraction of sp³-hybridized carbons (Fsp3) is 0.917. The van der Waals surface area contributed by atoms with Crippen LogP contribution in [-0.4, -0.2) is 49.0 Å². The lowest BCUT2D eigenvalue weighted by Crippen LogP contribution is -2.41. The van der Waals surface area contributed by atoms with E-state index in [-0.39, 0.29) is 6.54 Å². The van der Waals surface area contributed by atoms with E-state index >= 15 is 0 Å². The first-order valence-corrected chi connectivity index (χ1v) is 6.42. The van der Waals surface area contributed by atoms with Gasteiger partial charge < -0.3 is 20.3 Å². The van der Waals surface area contributed by atoms with Crippen molar-refractivity contribution in [1.29, 1.82) is 0 Å². The van der Waals surface area contributed by atoms with E-state index in [0.29, 0.717) is 26.1 Å². The summed E-state index contributed by atoms with van der Waals surface area (Å²) in [6.07, 6.45) is -1.77. The van der Waals surface area contributed by atoms with Gasteiger partial charge in [-0.3, -0.25) is 5.32 Å². The topological polar surface area (TPSA) is 93.8 Å². The summed E-state index contributed by atoms with van der Waals surface area (Å²) in [6.45, 7) is 5.70. The summed E-state index contributed by atoms with van der Waals surface area (Å²) in [5.74, 6) is 0. The fourth-order valence-corrected chi connectivity index (χ4v) is 1.39. The zero-order chi connectivity index (χ0) is 14.9. The highest BCUT2D eigenvalue weighted by molar-refractivity contribution is 5.64. The van der Waals surface area contributed by atoms with Crippen LogP contribution < -0.4 is 11.1 Å². The van der Waals surface area contributed by atoms with Gasteiger partial charge in [0.05, 0.1) is 12.2 Å². The summed E-state index contributed by atoms with van der Waals surface area (Å²) in [4.78, 5) is 10.4. The molecule has 2 unspecified atom stereocenters. The third-order valence-electron chi connectivity index (χ3n) is 2.70. The summed E-state index contributed by atoms with van der Waals surface area (Å²) in [5.41, 5.74) is 4.33. The molecule has 0 saturated heterocycles.